The molecule has 168 valence electrons. The van der Waals surface area contributed by atoms with E-state index in [0.717, 1.165) is 61.9 Å². The molecule has 0 amide bonds. The Labute approximate surface area is 189 Å². The molecule has 0 radical (unpaired) electrons. The SMILES string of the molecule is Cc1ccccc1CN1CCC[C@H]1c1c(-c2ccnc(N3CCCC3)n2)cnn1CCO. The molecule has 2 aliphatic heterocycles. The van der Waals surface area contributed by atoms with Crippen LogP contribution in [0.25, 0.3) is 11.3 Å². The number of hydrogen-bond donors (Lipinski definition) is 1. The number of hydrogen-bond acceptors (Lipinski definition) is 6. The van der Waals surface area contributed by atoms with Gasteiger partial charge in [0.1, 0.15) is 0 Å². The number of likely N-dealkylation sites (tertiary alicyclic amines) is 1. The van der Waals surface area contributed by atoms with Crippen LogP contribution in [0.4, 0.5) is 5.95 Å². The molecule has 1 N–H and O–H groups in total. The third-order valence-electron chi connectivity index (χ3n) is 6.81. The number of aryl methyl sites for hydroxylation is 1. The Morgan fingerprint density at radius 2 is 1.91 bits per heavy atom. The molecule has 1 aromatic carbocycles. The van der Waals surface area contributed by atoms with E-state index in [4.69, 9.17) is 4.98 Å². The van der Waals surface area contributed by atoms with E-state index in [1.165, 1.54) is 24.0 Å². The van der Waals surface area contributed by atoms with E-state index >= 15 is 0 Å². The van der Waals surface area contributed by atoms with Crippen molar-refractivity contribution in [2.45, 2.75) is 51.7 Å². The van der Waals surface area contributed by atoms with Gasteiger partial charge in [0.25, 0.3) is 0 Å². The molecule has 7 heteroatoms. The second-order valence-electron chi connectivity index (χ2n) is 8.88. The van der Waals surface area contributed by atoms with E-state index in [-0.39, 0.29) is 12.6 Å². The first-order valence-electron chi connectivity index (χ1n) is 11.8. The van der Waals surface area contributed by atoms with Crippen molar-refractivity contribution in [3.63, 3.8) is 0 Å². The van der Waals surface area contributed by atoms with Crippen LogP contribution in [-0.4, -0.2) is 56.0 Å². The maximum absolute atomic E-state index is 9.69. The van der Waals surface area contributed by atoms with E-state index in [0.29, 0.717) is 6.54 Å². The first kappa shape index (κ1) is 21.1. The molecule has 0 unspecified atom stereocenters. The van der Waals surface area contributed by atoms with Gasteiger partial charge in [-0.3, -0.25) is 9.58 Å². The Morgan fingerprint density at radius 1 is 1.06 bits per heavy atom. The summed E-state index contributed by atoms with van der Waals surface area (Å²) in [5.74, 6) is 0.809. The van der Waals surface area contributed by atoms with Crippen LogP contribution in [0.2, 0.25) is 0 Å². The molecule has 32 heavy (non-hydrogen) atoms. The fourth-order valence-electron chi connectivity index (χ4n) is 5.12. The normalized spacial score (nSPS) is 19.2. The number of benzene rings is 1. The van der Waals surface area contributed by atoms with Gasteiger partial charge in [-0.15, -0.1) is 0 Å². The summed E-state index contributed by atoms with van der Waals surface area (Å²) in [6.07, 6.45) is 8.42. The van der Waals surface area contributed by atoms with Crippen LogP contribution in [-0.2, 0) is 13.1 Å². The summed E-state index contributed by atoms with van der Waals surface area (Å²) in [4.78, 5) is 14.3. The summed E-state index contributed by atoms with van der Waals surface area (Å²) in [5.41, 5.74) is 5.84. The Balaban J connectivity index is 1.50. The third-order valence-corrected chi connectivity index (χ3v) is 6.81. The van der Waals surface area contributed by atoms with Crippen molar-refractivity contribution in [2.24, 2.45) is 0 Å². The number of aliphatic hydroxyl groups is 1. The molecule has 2 saturated heterocycles. The smallest absolute Gasteiger partial charge is 0.225 e. The Bertz CT molecular complexity index is 1060. The number of anilines is 1. The molecule has 0 saturated carbocycles. The van der Waals surface area contributed by atoms with Gasteiger partial charge in [0.05, 0.1) is 36.8 Å². The highest BCUT2D eigenvalue weighted by Gasteiger charge is 2.32. The number of aliphatic hydroxyl groups excluding tert-OH is 1. The van der Waals surface area contributed by atoms with Crippen LogP contribution in [0.3, 0.4) is 0 Å². The van der Waals surface area contributed by atoms with Crippen molar-refractivity contribution in [3.05, 3.63) is 59.5 Å². The molecule has 0 spiro atoms. The zero-order valence-electron chi connectivity index (χ0n) is 18.8. The van der Waals surface area contributed by atoms with E-state index in [1.807, 2.05) is 23.1 Å². The molecule has 3 aromatic rings. The standard InChI is InChI=1S/C25H32N6O/c1-19-7-2-3-8-20(19)18-30-14-6-9-23(30)24-21(17-27-31(24)15-16-32)22-10-11-26-25(28-22)29-12-4-5-13-29/h2-3,7-8,10-11,17,23,32H,4-6,9,12-16,18H2,1H3/t23-/m0/s1. The van der Waals surface area contributed by atoms with Crippen LogP contribution < -0.4 is 4.90 Å². The highest BCUT2D eigenvalue weighted by atomic mass is 16.3. The Hall–Kier alpha value is -2.77. The predicted octanol–water partition coefficient (Wildman–Crippen LogP) is 3.58. The van der Waals surface area contributed by atoms with Crippen LogP contribution in [0, 0.1) is 6.92 Å². The van der Waals surface area contributed by atoms with Crippen molar-refractivity contribution in [3.8, 4) is 11.3 Å². The summed E-state index contributed by atoms with van der Waals surface area (Å²) in [6, 6.07) is 10.9. The van der Waals surface area contributed by atoms with E-state index in [1.54, 1.807) is 0 Å². The van der Waals surface area contributed by atoms with Crippen LogP contribution >= 0.6 is 0 Å². The van der Waals surface area contributed by atoms with Gasteiger partial charge >= 0.3 is 0 Å². The lowest BCUT2D eigenvalue weighted by Crippen LogP contribution is -2.26. The second kappa shape index (κ2) is 9.38. The maximum atomic E-state index is 9.69. The van der Waals surface area contributed by atoms with Gasteiger partial charge in [0.15, 0.2) is 0 Å². The molecule has 2 aromatic heterocycles. The summed E-state index contributed by atoms with van der Waals surface area (Å²) < 4.78 is 1.98. The molecular formula is C25H32N6O. The third kappa shape index (κ3) is 4.14. The summed E-state index contributed by atoms with van der Waals surface area (Å²) in [7, 11) is 0. The lowest BCUT2D eigenvalue weighted by Gasteiger charge is -2.27. The van der Waals surface area contributed by atoms with Gasteiger partial charge in [0, 0.05) is 31.4 Å². The summed E-state index contributed by atoms with van der Waals surface area (Å²) in [5, 5.41) is 14.4. The average Bonchev–Trinajstić information content (AvgIpc) is 3.57. The fourth-order valence-corrected chi connectivity index (χ4v) is 5.12. The van der Waals surface area contributed by atoms with Crippen LogP contribution in [0.5, 0.6) is 0 Å². The van der Waals surface area contributed by atoms with Gasteiger partial charge in [-0.05, 0) is 56.3 Å². The van der Waals surface area contributed by atoms with Crippen molar-refractivity contribution < 1.29 is 5.11 Å². The average molecular weight is 433 g/mol. The molecule has 2 fully saturated rings. The van der Waals surface area contributed by atoms with Gasteiger partial charge in [0.2, 0.25) is 5.95 Å². The highest BCUT2D eigenvalue weighted by molar-refractivity contribution is 5.63. The van der Waals surface area contributed by atoms with Crippen molar-refractivity contribution >= 4 is 5.95 Å². The topological polar surface area (TPSA) is 70.3 Å². The zero-order chi connectivity index (χ0) is 21.9. The lowest BCUT2D eigenvalue weighted by atomic mass is 10.0. The number of rotatable bonds is 7. The molecule has 5 rings (SSSR count). The van der Waals surface area contributed by atoms with Crippen LogP contribution in [0.15, 0.2) is 42.7 Å². The molecule has 7 nitrogen and oxygen atoms in total. The van der Waals surface area contributed by atoms with Crippen molar-refractivity contribution in [1.29, 1.82) is 0 Å². The zero-order valence-corrected chi connectivity index (χ0v) is 18.8. The fraction of sp³-hybridized carbons (Fsp3) is 0.480. The number of aromatic nitrogens is 4. The van der Waals surface area contributed by atoms with E-state index in [9.17, 15) is 5.11 Å². The van der Waals surface area contributed by atoms with E-state index in [2.05, 4.69) is 51.1 Å². The molecule has 4 heterocycles. The van der Waals surface area contributed by atoms with E-state index < -0.39 is 0 Å². The molecule has 1 atom stereocenters. The predicted molar refractivity (Wildman–Crippen MR) is 125 cm³/mol. The van der Waals surface area contributed by atoms with Crippen molar-refractivity contribution in [2.75, 3.05) is 31.1 Å². The largest absolute Gasteiger partial charge is 0.394 e. The Kier molecular flexibility index (Phi) is 6.19. The molecule has 0 bridgehead atoms. The highest BCUT2D eigenvalue weighted by Crippen LogP contribution is 2.38. The van der Waals surface area contributed by atoms with Crippen LogP contribution in [0.1, 0.15) is 48.5 Å². The minimum atomic E-state index is 0.0709. The Morgan fingerprint density at radius 3 is 2.72 bits per heavy atom. The molecule has 2 aliphatic rings. The van der Waals surface area contributed by atoms with Gasteiger partial charge in [-0.25, -0.2) is 9.97 Å². The minimum Gasteiger partial charge on any atom is -0.394 e. The summed E-state index contributed by atoms with van der Waals surface area (Å²) in [6.45, 7) is 6.77. The van der Waals surface area contributed by atoms with Gasteiger partial charge < -0.3 is 10.0 Å². The second-order valence-corrected chi connectivity index (χ2v) is 8.88. The first-order chi connectivity index (χ1) is 15.7. The van der Waals surface area contributed by atoms with Gasteiger partial charge in [-0.1, -0.05) is 24.3 Å². The quantitative estimate of drug-likeness (QED) is 0.615. The molecular weight excluding hydrogens is 400 g/mol. The van der Waals surface area contributed by atoms with Crippen molar-refractivity contribution in [1.82, 2.24) is 24.6 Å². The maximum Gasteiger partial charge on any atom is 0.225 e. The number of nitrogens with zero attached hydrogens (tertiary/aromatic N) is 6. The van der Waals surface area contributed by atoms with Gasteiger partial charge in [-0.2, -0.15) is 5.10 Å². The minimum absolute atomic E-state index is 0.0709. The first-order valence-corrected chi connectivity index (χ1v) is 11.8. The molecule has 0 aliphatic carbocycles. The lowest BCUT2D eigenvalue weighted by molar-refractivity contribution is 0.226. The summed E-state index contributed by atoms with van der Waals surface area (Å²) >= 11 is 0. The monoisotopic (exact) mass is 432 g/mol.